The van der Waals surface area contributed by atoms with Gasteiger partial charge in [-0.15, -0.1) is 0 Å². The molecule has 1 rings (SSSR count). The van der Waals surface area contributed by atoms with E-state index in [2.05, 4.69) is 3.82 Å². The molecule has 0 spiro atoms. The van der Waals surface area contributed by atoms with Crippen LogP contribution in [0.1, 0.15) is 19.3 Å². The maximum atomic E-state index is 2.45. The third-order valence-electron chi connectivity index (χ3n) is 1.39. The summed E-state index contributed by atoms with van der Waals surface area (Å²) in [4.78, 5) is 0. The zero-order valence-corrected chi connectivity index (χ0v) is 6.98. The van der Waals surface area contributed by atoms with Crippen molar-refractivity contribution in [2.24, 2.45) is 0 Å². The molecule has 0 bridgehead atoms. The summed E-state index contributed by atoms with van der Waals surface area (Å²) < 4.78 is 2.45. The van der Waals surface area contributed by atoms with Crippen LogP contribution in [0.2, 0.25) is 0 Å². The van der Waals surface area contributed by atoms with Crippen molar-refractivity contribution in [1.29, 1.82) is 0 Å². The van der Waals surface area contributed by atoms with E-state index in [0.29, 0.717) is 0 Å². The first-order chi connectivity index (χ1) is 3.39. The number of hydrogen-bond donors (Lipinski definition) is 0. The summed E-state index contributed by atoms with van der Waals surface area (Å²) in [6, 6.07) is 0. The van der Waals surface area contributed by atoms with Crippen LogP contribution in [0.4, 0.5) is 0 Å². The molecule has 1 aliphatic rings. The van der Waals surface area contributed by atoms with E-state index in [4.69, 9.17) is 0 Å². The zero-order chi connectivity index (χ0) is 5.11. The second-order valence-electron chi connectivity index (χ2n) is 2.10. The number of hydrogen-bond acceptors (Lipinski definition) is 1. The first-order valence-corrected chi connectivity index (χ1v) is 3.97. The Balaban J connectivity index is 2.12. The summed E-state index contributed by atoms with van der Waals surface area (Å²) in [6.45, 7) is 2.69. The van der Waals surface area contributed by atoms with Gasteiger partial charge in [0, 0.05) is 0 Å². The van der Waals surface area contributed by atoms with Gasteiger partial charge in [0.15, 0.2) is 0 Å². The molecule has 0 radical (unpaired) electrons. The van der Waals surface area contributed by atoms with Gasteiger partial charge in [-0.3, -0.25) is 0 Å². The molecule has 0 aromatic heterocycles. The molecule has 1 aliphatic heterocycles. The minimum absolute atomic E-state index is 1.35. The van der Waals surface area contributed by atoms with Gasteiger partial charge in [0.25, 0.3) is 0 Å². The van der Waals surface area contributed by atoms with Gasteiger partial charge in [-0.25, -0.2) is 0 Å². The number of nitrogens with zero attached hydrogens (tertiary/aromatic N) is 1. The Morgan fingerprint density at radius 3 is 1.86 bits per heavy atom. The number of rotatable bonds is 0. The van der Waals surface area contributed by atoms with Crippen LogP contribution in [0.15, 0.2) is 0 Å². The quantitative estimate of drug-likeness (QED) is 0.453. The van der Waals surface area contributed by atoms with Crippen LogP contribution in [0, 0.1) is 0 Å². The van der Waals surface area contributed by atoms with E-state index < -0.39 is 0 Å². The summed E-state index contributed by atoms with van der Waals surface area (Å²) in [6.07, 6.45) is 4.32. The van der Waals surface area contributed by atoms with Gasteiger partial charge in [0.05, 0.1) is 0 Å². The van der Waals surface area contributed by atoms with Gasteiger partial charge in [-0.2, -0.15) is 0 Å². The fourth-order valence-corrected chi connectivity index (χ4v) is 1.68. The zero-order valence-electron chi connectivity index (χ0n) is 4.56. The minimum atomic E-state index is 1.35. The average molecular weight is 161 g/mol. The molecule has 2 heteroatoms. The Kier molecular flexibility index (Phi) is 2.21. The van der Waals surface area contributed by atoms with E-state index in [1.165, 1.54) is 32.4 Å². The van der Waals surface area contributed by atoms with Crippen molar-refractivity contribution in [3.05, 3.63) is 0 Å². The van der Waals surface area contributed by atoms with Crippen molar-refractivity contribution in [3.8, 4) is 0 Å². The topological polar surface area (TPSA) is 3.24 Å². The second-order valence-corrected chi connectivity index (χ2v) is 3.63. The summed E-state index contributed by atoms with van der Waals surface area (Å²) in [5.74, 6) is 0. The Bertz CT molecular complexity index is 50.0. The second kappa shape index (κ2) is 2.74. The molecule has 0 aromatic rings. The van der Waals surface area contributed by atoms with Gasteiger partial charge < -0.3 is 0 Å². The molecule has 0 saturated carbocycles. The van der Waals surface area contributed by atoms with Crippen LogP contribution in [0.25, 0.3) is 0 Å². The summed E-state index contributed by atoms with van der Waals surface area (Å²) in [5.41, 5.74) is 0. The molecule has 1 fully saturated rings. The van der Waals surface area contributed by atoms with E-state index in [9.17, 15) is 0 Å². The van der Waals surface area contributed by atoms with Gasteiger partial charge in [-0.1, -0.05) is 0 Å². The Hall–Kier alpha value is 0.518. The molecule has 0 amide bonds. The van der Waals surface area contributed by atoms with Crippen molar-refractivity contribution in [1.82, 2.24) is 3.82 Å². The molecular weight excluding hydrogens is 149 g/mol. The summed E-state index contributed by atoms with van der Waals surface area (Å²) >= 11 is 1.78. The molecule has 1 saturated heterocycles. The van der Waals surface area contributed by atoms with E-state index >= 15 is 0 Å². The Morgan fingerprint density at radius 2 is 1.57 bits per heavy atom. The van der Waals surface area contributed by atoms with Crippen LogP contribution in [-0.4, -0.2) is 34.0 Å². The predicted octanol–water partition coefficient (Wildman–Crippen LogP) is 0.0204. The maximum absolute atomic E-state index is 2.45. The third kappa shape index (κ3) is 1.83. The van der Waals surface area contributed by atoms with Crippen LogP contribution < -0.4 is 0 Å². The van der Waals surface area contributed by atoms with Gasteiger partial charge >= 0.3 is 53.2 Å². The van der Waals surface area contributed by atoms with E-state index in [1.807, 2.05) is 0 Å². The monoisotopic (exact) mass is 161 g/mol. The molecule has 0 aliphatic carbocycles. The summed E-state index contributed by atoms with van der Waals surface area (Å²) in [7, 11) is 0. The van der Waals surface area contributed by atoms with Gasteiger partial charge in [0.2, 0.25) is 0 Å². The molecule has 0 aromatic carbocycles. The van der Waals surface area contributed by atoms with E-state index in [-0.39, 0.29) is 0 Å². The van der Waals surface area contributed by atoms with E-state index in [1.54, 1.807) is 17.1 Å². The van der Waals surface area contributed by atoms with Crippen LogP contribution >= 0.6 is 0 Å². The first-order valence-electron chi connectivity index (χ1n) is 2.89. The molecule has 1 heterocycles. The fourth-order valence-electron chi connectivity index (χ4n) is 0.918. The van der Waals surface area contributed by atoms with Crippen molar-refractivity contribution in [2.45, 2.75) is 19.3 Å². The van der Waals surface area contributed by atoms with Crippen molar-refractivity contribution in [2.75, 3.05) is 13.1 Å². The van der Waals surface area contributed by atoms with E-state index in [0.717, 1.165) is 0 Å². The average Bonchev–Trinajstić information content (AvgIpc) is 1.69. The SMILES string of the molecule is [AsH2]N1CCCCC1. The molecule has 1 atom stereocenters. The third-order valence-corrected chi connectivity index (χ3v) is 2.47. The molecular formula is C5H12AsN. The molecule has 7 heavy (non-hydrogen) atoms. The first kappa shape index (κ1) is 5.65. The molecule has 0 N–H and O–H groups in total. The van der Waals surface area contributed by atoms with Crippen LogP contribution in [-0.2, 0) is 0 Å². The van der Waals surface area contributed by atoms with Gasteiger partial charge in [-0.05, 0) is 0 Å². The van der Waals surface area contributed by atoms with Gasteiger partial charge in [0.1, 0.15) is 0 Å². The Morgan fingerprint density at radius 1 is 1.00 bits per heavy atom. The number of piperidine rings is 1. The predicted molar refractivity (Wildman–Crippen MR) is 34.0 cm³/mol. The van der Waals surface area contributed by atoms with Crippen LogP contribution in [0.3, 0.4) is 0 Å². The molecule has 1 unspecified atom stereocenters. The van der Waals surface area contributed by atoms with Crippen molar-refractivity contribution < 1.29 is 0 Å². The van der Waals surface area contributed by atoms with Crippen molar-refractivity contribution >= 4 is 17.1 Å². The molecule has 42 valence electrons. The van der Waals surface area contributed by atoms with Crippen LogP contribution in [0.5, 0.6) is 0 Å². The fraction of sp³-hybridized carbons (Fsp3) is 1.00. The Labute approximate surface area is 53.8 Å². The van der Waals surface area contributed by atoms with Crippen molar-refractivity contribution in [3.63, 3.8) is 0 Å². The standard InChI is InChI=1S/C5H12AsN/c6-7-4-2-1-3-5-7/h1-6H2. The molecule has 1 nitrogen and oxygen atoms in total. The summed E-state index contributed by atoms with van der Waals surface area (Å²) in [5, 5.41) is 0. The normalized spacial score (nSPS) is 25.3.